The van der Waals surface area contributed by atoms with Gasteiger partial charge < -0.3 is 14.8 Å². The predicted molar refractivity (Wildman–Crippen MR) is 105 cm³/mol. The van der Waals surface area contributed by atoms with E-state index in [0.29, 0.717) is 18.2 Å². The number of hydrogen-bond acceptors (Lipinski definition) is 4. The topological polar surface area (TPSA) is 64.6 Å². The quantitative estimate of drug-likeness (QED) is 0.529. The van der Waals surface area contributed by atoms with Crippen LogP contribution in [0.2, 0.25) is 0 Å². The molecule has 26 heavy (non-hydrogen) atoms. The predicted octanol–water partition coefficient (Wildman–Crippen LogP) is 4.10. The van der Waals surface area contributed by atoms with Crippen LogP contribution in [0.25, 0.3) is 6.08 Å². The van der Waals surface area contributed by atoms with E-state index in [1.807, 2.05) is 12.1 Å². The van der Waals surface area contributed by atoms with Crippen LogP contribution in [-0.2, 0) is 14.3 Å². The van der Waals surface area contributed by atoms with Crippen LogP contribution < -0.4 is 10.1 Å². The van der Waals surface area contributed by atoms with Crippen molar-refractivity contribution >= 4 is 33.9 Å². The lowest BCUT2D eigenvalue weighted by atomic mass is 9.89. The van der Waals surface area contributed by atoms with Gasteiger partial charge in [0.05, 0.1) is 7.11 Å². The largest absolute Gasteiger partial charge is 0.496 e. The van der Waals surface area contributed by atoms with Crippen molar-refractivity contribution in [1.82, 2.24) is 5.32 Å². The average Bonchev–Trinajstić information content (AvgIpc) is 2.65. The Morgan fingerprint density at radius 3 is 2.73 bits per heavy atom. The molecule has 1 aliphatic rings. The zero-order valence-electron chi connectivity index (χ0n) is 15.3. The molecule has 2 rings (SSSR count). The van der Waals surface area contributed by atoms with Crippen LogP contribution in [0, 0.1) is 5.92 Å². The second-order valence-corrected chi connectivity index (χ2v) is 7.46. The number of amides is 1. The molecule has 0 radical (unpaired) electrons. The van der Waals surface area contributed by atoms with E-state index in [0.717, 1.165) is 22.9 Å². The lowest BCUT2D eigenvalue weighted by Gasteiger charge is -2.22. The van der Waals surface area contributed by atoms with E-state index in [2.05, 4.69) is 21.2 Å². The van der Waals surface area contributed by atoms with Gasteiger partial charge in [0, 0.05) is 22.7 Å². The number of methoxy groups -OCH3 is 1. The van der Waals surface area contributed by atoms with Gasteiger partial charge in [-0.3, -0.25) is 4.79 Å². The summed E-state index contributed by atoms with van der Waals surface area (Å²) in [6, 6.07) is 5.49. The van der Waals surface area contributed by atoms with Crippen LogP contribution in [0.15, 0.2) is 28.7 Å². The number of halogens is 1. The number of hydrogen-bond donors (Lipinski definition) is 1. The van der Waals surface area contributed by atoms with Gasteiger partial charge in [-0.2, -0.15) is 0 Å². The van der Waals surface area contributed by atoms with Crippen molar-refractivity contribution in [3.05, 3.63) is 34.3 Å². The summed E-state index contributed by atoms with van der Waals surface area (Å²) in [5.74, 6) is 0.375. The Morgan fingerprint density at radius 2 is 2.04 bits per heavy atom. The molecule has 1 N–H and O–H groups in total. The summed E-state index contributed by atoms with van der Waals surface area (Å²) in [4.78, 5) is 24.1. The van der Waals surface area contributed by atoms with E-state index < -0.39 is 12.1 Å². The summed E-state index contributed by atoms with van der Waals surface area (Å²) < 4.78 is 11.3. The number of carbonyl (C=O) groups excluding carboxylic acids is 2. The minimum Gasteiger partial charge on any atom is -0.496 e. The van der Waals surface area contributed by atoms with Crippen LogP contribution in [0.3, 0.4) is 0 Å². The fraction of sp³-hybridized carbons (Fsp3) is 0.500. The highest BCUT2D eigenvalue weighted by Gasteiger charge is 2.19. The maximum atomic E-state index is 12.1. The van der Waals surface area contributed by atoms with Gasteiger partial charge in [-0.05, 0) is 50.0 Å². The fourth-order valence-corrected chi connectivity index (χ4v) is 3.42. The van der Waals surface area contributed by atoms with E-state index in [-0.39, 0.29) is 5.91 Å². The zero-order chi connectivity index (χ0) is 18.9. The van der Waals surface area contributed by atoms with Crippen molar-refractivity contribution in [3.63, 3.8) is 0 Å². The number of nitrogens with one attached hydrogen (secondary N) is 1. The van der Waals surface area contributed by atoms with Gasteiger partial charge >= 0.3 is 5.97 Å². The van der Waals surface area contributed by atoms with Crippen molar-refractivity contribution in [1.29, 1.82) is 0 Å². The summed E-state index contributed by atoms with van der Waals surface area (Å²) in [5.41, 5.74) is 0.744. The third kappa shape index (κ3) is 6.48. The molecule has 6 heteroatoms. The summed E-state index contributed by atoms with van der Waals surface area (Å²) in [6.45, 7) is 2.24. The van der Waals surface area contributed by atoms with Crippen LogP contribution in [-0.4, -0.2) is 31.6 Å². The number of rotatable bonds is 7. The number of ether oxygens (including phenoxy) is 2. The van der Waals surface area contributed by atoms with E-state index in [4.69, 9.17) is 9.47 Å². The molecule has 0 unspecified atom stereocenters. The molecule has 1 aliphatic carbocycles. The lowest BCUT2D eigenvalue weighted by molar-refractivity contribution is -0.150. The van der Waals surface area contributed by atoms with Crippen molar-refractivity contribution < 1.29 is 19.1 Å². The monoisotopic (exact) mass is 423 g/mol. The van der Waals surface area contributed by atoms with Crippen LogP contribution in [0.5, 0.6) is 5.75 Å². The Hall–Kier alpha value is -1.82. The summed E-state index contributed by atoms with van der Waals surface area (Å²) in [5, 5.41) is 2.89. The van der Waals surface area contributed by atoms with Gasteiger partial charge in [0.1, 0.15) is 5.75 Å². The highest BCUT2D eigenvalue weighted by atomic mass is 79.9. The van der Waals surface area contributed by atoms with E-state index in [1.54, 1.807) is 26.2 Å². The SMILES string of the molecule is COc1ccc(Br)cc1/C=C/C(=O)O[C@@H](C)C(=O)NCC1CCCCC1. The molecule has 1 aromatic carbocycles. The Kier molecular flexibility index (Phi) is 8.16. The lowest BCUT2D eigenvalue weighted by Crippen LogP contribution is -2.38. The molecule has 5 nitrogen and oxygen atoms in total. The Bertz CT molecular complexity index is 653. The molecular weight excluding hydrogens is 398 g/mol. The number of carbonyl (C=O) groups is 2. The second-order valence-electron chi connectivity index (χ2n) is 6.55. The third-order valence-corrected chi connectivity index (χ3v) is 5.04. The molecule has 0 aliphatic heterocycles. The summed E-state index contributed by atoms with van der Waals surface area (Å²) in [7, 11) is 1.57. The fourth-order valence-electron chi connectivity index (χ4n) is 3.04. The minimum atomic E-state index is -0.819. The summed E-state index contributed by atoms with van der Waals surface area (Å²) >= 11 is 3.38. The van der Waals surface area contributed by atoms with Gasteiger partial charge in [0.25, 0.3) is 5.91 Å². The molecule has 0 bridgehead atoms. The smallest absolute Gasteiger partial charge is 0.331 e. The van der Waals surface area contributed by atoms with Crippen LogP contribution >= 0.6 is 15.9 Å². The number of esters is 1. The standard InChI is InChI=1S/C20H26BrNO4/c1-14(20(24)22-13-15-6-4-3-5-7-15)26-19(23)11-8-16-12-17(21)9-10-18(16)25-2/h8-12,14-15H,3-7,13H2,1-2H3,(H,22,24)/b11-8+/t14-/m0/s1. The first-order chi connectivity index (χ1) is 12.5. The van der Waals surface area contributed by atoms with Gasteiger partial charge in [-0.1, -0.05) is 35.2 Å². The average molecular weight is 424 g/mol. The molecule has 0 spiro atoms. The van der Waals surface area contributed by atoms with E-state index in [9.17, 15) is 9.59 Å². The molecule has 142 valence electrons. The Labute approximate surface area is 163 Å². The Morgan fingerprint density at radius 1 is 1.31 bits per heavy atom. The maximum absolute atomic E-state index is 12.1. The van der Waals surface area contributed by atoms with Crippen LogP contribution in [0.4, 0.5) is 0 Å². The molecule has 0 heterocycles. The minimum absolute atomic E-state index is 0.252. The van der Waals surface area contributed by atoms with Gasteiger partial charge in [-0.15, -0.1) is 0 Å². The molecule has 1 saturated carbocycles. The summed E-state index contributed by atoms with van der Waals surface area (Å²) in [6.07, 6.45) is 8.16. The molecule has 0 aromatic heterocycles. The van der Waals surface area contributed by atoms with Crippen molar-refractivity contribution in [3.8, 4) is 5.75 Å². The molecule has 0 saturated heterocycles. The van der Waals surface area contributed by atoms with Crippen molar-refractivity contribution in [2.45, 2.75) is 45.1 Å². The van der Waals surface area contributed by atoms with Gasteiger partial charge in [-0.25, -0.2) is 4.79 Å². The van der Waals surface area contributed by atoms with Crippen molar-refractivity contribution in [2.24, 2.45) is 5.92 Å². The molecular formula is C20H26BrNO4. The molecule has 1 atom stereocenters. The first kappa shape index (κ1) is 20.5. The highest BCUT2D eigenvalue weighted by Crippen LogP contribution is 2.24. The normalized spacial score (nSPS) is 16.3. The van der Waals surface area contributed by atoms with E-state index >= 15 is 0 Å². The van der Waals surface area contributed by atoms with Gasteiger partial charge in [0.15, 0.2) is 6.10 Å². The second kappa shape index (κ2) is 10.4. The zero-order valence-corrected chi connectivity index (χ0v) is 16.9. The maximum Gasteiger partial charge on any atom is 0.331 e. The van der Waals surface area contributed by atoms with Crippen molar-refractivity contribution in [2.75, 3.05) is 13.7 Å². The van der Waals surface area contributed by atoms with Crippen LogP contribution in [0.1, 0.15) is 44.6 Å². The third-order valence-electron chi connectivity index (χ3n) is 4.54. The first-order valence-corrected chi connectivity index (χ1v) is 9.79. The molecule has 1 amide bonds. The molecule has 1 fully saturated rings. The first-order valence-electron chi connectivity index (χ1n) is 8.99. The Balaban J connectivity index is 1.82. The van der Waals surface area contributed by atoms with Gasteiger partial charge in [0.2, 0.25) is 0 Å². The highest BCUT2D eigenvalue weighted by molar-refractivity contribution is 9.10. The number of benzene rings is 1. The molecule has 1 aromatic rings. The van der Waals surface area contributed by atoms with E-state index in [1.165, 1.54) is 25.3 Å².